The van der Waals surface area contributed by atoms with Crippen molar-refractivity contribution >= 4 is 56.9 Å². The molecule has 1 aromatic heterocycles. The summed E-state index contributed by atoms with van der Waals surface area (Å²) in [5.41, 5.74) is 1.89. The molecule has 0 spiro atoms. The SMILES string of the molecule is Clc1cc(C(Cl)c2ccc3ccccc3c2)c(Cl)s1. The summed E-state index contributed by atoms with van der Waals surface area (Å²) >= 11 is 20.0. The molecule has 0 aliphatic heterocycles. The van der Waals surface area contributed by atoms with Gasteiger partial charge in [0, 0.05) is 5.56 Å². The van der Waals surface area contributed by atoms with Crippen molar-refractivity contribution in [3.63, 3.8) is 0 Å². The molecule has 0 saturated heterocycles. The van der Waals surface area contributed by atoms with Crippen molar-refractivity contribution in [2.75, 3.05) is 0 Å². The molecule has 0 saturated carbocycles. The summed E-state index contributed by atoms with van der Waals surface area (Å²) in [5, 5.41) is 2.09. The monoisotopic (exact) mass is 326 g/mol. The minimum atomic E-state index is -0.277. The maximum Gasteiger partial charge on any atom is 0.0994 e. The minimum Gasteiger partial charge on any atom is -0.113 e. The molecule has 0 bridgehead atoms. The van der Waals surface area contributed by atoms with Crippen LogP contribution in [0.15, 0.2) is 48.5 Å². The highest BCUT2D eigenvalue weighted by Crippen LogP contribution is 2.41. The maximum atomic E-state index is 6.51. The van der Waals surface area contributed by atoms with Gasteiger partial charge in [-0.2, -0.15) is 0 Å². The van der Waals surface area contributed by atoms with Gasteiger partial charge in [-0.25, -0.2) is 0 Å². The van der Waals surface area contributed by atoms with Gasteiger partial charge in [0.2, 0.25) is 0 Å². The summed E-state index contributed by atoms with van der Waals surface area (Å²) in [6.07, 6.45) is 0. The molecule has 0 aliphatic carbocycles. The fourth-order valence-electron chi connectivity index (χ4n) is 2.07. The average Bonchev–Trinajstić information content (AvgIpc) is 2.76. The van der Waals surface area contributed by atoms with Crippen LogP contribution in [0.5, 0.6) is 0 Å². The lowest BCUT2D eigenvalue weighted by Crippen LogP contribution is -1.91. The van der Waals surface area contributed by atoms with Gasteiger partial charge in [0.15, 0.2) is 0 Å². The standard InChI is InChI=1S/C15H9Cl3S/c16-13-8-12(15(18)19-13)14(17)11-6-5-9-3-1-2-4-10(9)7-11/h1-8,14H. The highest BCUT2D eigenvalue weighted by atomic mass is 35.5. The van der Waals surface area contributed by atoms with Gasteiger partial charge in [-0.15, -0.1) is 22.9 Å². The number of hydrogen-bond donors (Lipinski definition) is 0. The molecular weight excluding hydrogens is 319 g/mol. The predicted octanol–water partition coefficient (Wildman–Crippen LogP) is 6.54. The Balaban J connectivity index is 2.06. The van der Waals surface area contributed by atoms with Gasteiger partial charge in [0.25, 0.3) is 0 Å². The zero-order valence-corrected chi connectivity index (χ0v) is 12.8. The van der Waals surface area contributed by atoms with Crippen molar-refractivity contribution in [3.05, 3.63) is 68.3 Å². The smallest absolute Gasteiger partial charge is 0.0994 e. The van der Waals surface area contributed by atoms with Crippen LogP contribution >= 0.6 is 46.1 Å². The summed E-state index contributed by atoms with van der Waals surface area (Å²) in [4.78, 5) is 0. The van der Waals surface area contributed by atoms with Crippen LogP contribution in [-0.2, 0) is 0 Å². The van der Waals surface area contributed by atoms with E-state index in [-0.39, 0.29) is 5.38 Å². The zero-order valence-electron chi connectivity index (χ0n) is 9.74. The van der Waals surface area contributed by atoms with Crippen LogP contribution in [0.3, 0.4) is 0 Å². The van der Waals surface area contributed by atoms with Crippen LogP contribution in [0.25, 0.3) is 10.8 Å². The third-order valence-electron chi connectivity index (χ3n) is 3.02. The molecule has 2 aromatic carbocycles. The molecule has 0 N–H and O–H groups in total. The first-order chi connectivity index (χ1) is 9.15. The molecule has 96 valence electrons. The van der Waals surface area contributed by atoms with Crippen molar-refractivity contribution in [2.24, 2.45) is 0 Å². The lowest BCUT2D eigenvalue weighted by molar-refractivity contribution is 1.16. The molecule has 1 atom stereocenters. The highest BCUT2D eigenvalue weighted by molar-refractivity contribution is 7.20. The Morgan fingerprint density at radius 2 is 1.63 bits per heavy atom. The van der Waals surface area contributed by atoms with Crippen molar-refractivity contribution in [3.8, 4) is 0 Å². The van der Waals surface area contributed by atoms with E-state index in [1.165, 1.54) is 22.1 Å². The Kier molecular flexibility index (Phi) is 3.72. The Morgan fingerprint density at radius 3 is 2.32 bits per heavy atom. The predicted molar refractivity (Wildman–Crippen MR) is 86.0 cm³/mol. The largest absolute Gasteiger partial charge is 0.113 e. The van der Waals surface area contributed by atoms with Crippen LogP contribution < -0.4 is 0 Å². The number of rotatable bonds is 2. The van der Waals surface area contributed by atoms with Crippen molar-refractivity contribution in [1.29, 1.82) is 0 Å². The molecular formula is C15H9Cl3S. The van der Waals surface area contributed by atoms with E-state index < -0.39 is 0 Å². The van der Waals surface area contributed by atoms with E-state index in [1.807, 2.05) is 24.3 Å². The van der Waals surface area contributed by atoms with E-state index in [2.05, 4.69) is 24.3 Å². The fraction of sp³-hybridized carbons (Fsp3) is 0.0667. The number of thiophene rings is 1. The molecule has 0 nitrogen and oxygen atoms in total. The molecule has 0 radical (unpaired) electrons. The second kappa shape index (κ2) is 5.34. The van der Waals surface area contributed by atoms with Crippen LogP contribution in [-0.4, -0.2) is 0 Å². The second-order valence-corrected chi connectivity index (χ2v) is 6.97. The van der Waals surface area contributed by atoms with E-state index in [4.69, 9.17) is 34.8 Å². The number of alkyl halides is 1. The van der Waals surface area contributed by atoms with Crippen molar-refractivity contribution in [2.45, 2.75) is 5.38 Å². The van der Waals surface area contributed by atoms with Crippen molar-refractivity contribution in [1.82, 2.24) is 0 Å². The first-order valence-corrected chi connectivity index (χ1v) is 7.73. The molecule has 3 aromatic rings. The number of fused-ring (bicyclic) bond motifs is 1. The average molecular weight is 328 g/mol. The van der Waals surface area contributed by atoms with E-state index in [0.29, 0.717) is 8.67 Å². The van der Waals surface area contributed by atoms with Crippen LogP contribution in [0, 0.1) is 0 Å². The Hall–Kier alpha value is -0.730. The molecule has 1 unspecified atom stereocenters. The Morgan fingerprint density at radius 1 is 0.895 bits per heavy atom. The molecule has 0 amide bonds. The minimum absolute atomic E-state index is 0.277. The summed E-state index contributed by atoms with van der Waals surface area (Å²) < 4.78 is 1.31. The highest BCUT2D eigenvalue weighted by Gasteiger charge is 2.17. The van der Waals surface area contributed by atoms with Crippen LogP contribution in [0.2, 0.25) is 8.67 Å². The first-order valence-electron chi connectivity index (χ1n) is 5.72. The van der Waals surface area contributed by atoms with Gasteiger partial charge >= 0.3 is 0 Å². The molecule has 19 heavy (non-hydrogen) atoms. The fourth-order valence-corrected chi connectivity index (χ4v) is 4.03. The molecule has 4 heteroatoms. The van der Waals surface area contributed by atoms with E-state index in [9.17, 15) is 0 Å². The lowest BCUT2D eigenvalue weighted by Gasteiger charge is -2.10. The molecule has 0 fully saturated rings. The Labute approximate surface area is 130 Å². The van der Waals surface area contributed by atoms with Crippen LogP contribution in [0.1, 0.15) is 16.5 Å². The summed E-state index contributed by atoms with van der Waals surface area (Å²) in [6.45, 7) is 0. The van der Waals surface area contributed by atoms with Crippen molar-refractivity contribution < 1.29 is 0 Å². The van der Waals surface area contributed by atoms with Gasteiger partial charge in [-0.3, -0.25) is 0 Å². The molecule has 1 heterocycles. The normalized spacial score (nSPS) is 12.8. The van der Waals surface area contributed by atoms with Gasteiger partial charge in [0.1, 0.15) is 0 Å². The third-order valence-corrected chi connectivity index (χ3v) is 5.03. The lowest BCUT2D eigenvalue weighted by atomic mass is 10.0. The number of halogens is 3. The summed E-state index contributed by atoms with van der Waals surface area (Å²) in [5.74, 6) is 0. The summed E-state index contributed by atoms with van der Waals surface area (Å²) in [6, 6.07) is 16.2. The first kappa shape index (κ1) is 13.3. The maximum absolute atomic E-state index is 6.51. The van der Waals surface area contributed by atoms with Gasteiger partial charge in [0.05, 0.1) is 14.0 Å². The zero-order chi connectivity index (χ0) is 13.4. The summed E-state index contributed by atoms with van der Waals surface area (Å²) in [7, 11) is 0. The van der Waals surface area contributed by atoms with Gasteiger partial charge < -0.3 is 0 Å². The van der Waals surface area contributed by atoms with E-state index in [1.54, 1.807) is 0 Å². The van der Waals surface area contributed by atoms with Gasteiger partial charge in [-0.05, 0) is 28.5 Å². The molecule has 0 aliphatic rings. The van der Waals surface area contributed by atoms with E-state index in [0.717, 1.165) is 11.1 Å². The van der Waals surface area contributed by atoms with E-state index >= 15 is 0 Å². The topological polar surface area (TPSA) is 0 Å². The van der Waals surface area contributed by atoms with Gasteiger partial charge in [-0.1, -0.05) is 59.6 Å². The van der Waals surface area contributed by atoms with Crippen LogP contribution in [0.4, 0.5) is 0 Å². The third kappa shape index (κ3) is 2.61. The quantitative estimate of drug-likeness (QED) is 0.469. The molecule has 3 rings (SSSR count). The second-order valence-electron chi connectivity index (χ2n) is 4.25. The number of benzene rings is 2. The number of hydrogen-bond acceptors (Lipinski definition) is 1. The Bertz CT molecular complexity index is 733.